The molecule has 1 fully saturated rings. The van der Waals surface area contributed by atoms with Crippen LogP contribution in [0.1, 0.15) is 44.4 Å². The molecule has 1 aliphatic heterocycles. The number of rotatable bonds is 3. The highest BCUT2D eigenvalue weighted by Crippen LogP contribution is 2.54. The van der Waals surface area contributed by atoms with Crippen LogP contribution in [0.4, 0.5) is 0 Å². The van der Waals surface area contributed by atoms with Gasteiger partial charge < -0.3 is 14.9 Å². The molecule has 128 valence electrons. The van der Waals surface area contributed by atoms with Crippen LogP contribution >= 0.6 is 0 Å². The monoisotopic (exact) mass is 326 g/mol. The summed E-state index contributed by atoms with van der Waals surface area (Å²) in [7, 11) is 0. The maximum Gasteiger partial charge on any atom is 0.171 e. The van der Waals surface area contributed by atoms with E-state index in [1.54, 1.807) is 0 Å². The van der Waals surface area contributed by atoms with Crippen LogP contribution < -0.4 is 0 Å². The highest BCUT2D eigenvalue weighted by molar-refractivity contribution is 5.29. The van der Waals surface area contributed by atoms with Crippen LogP contribution in [0.15, 0.2) is 60.7 Å². The summed E-state index contributed by atoms with van der Waals surface area (Å²) in [6, 6.07) is 19.5. The first-order valence-electron chi connectivity index (χ1n) is 8.66. The molecule has 0 aromatic heterocycles. The normalized spacial score (nSPS) is 36.5. The lowest BCUT2D eigenvalue weighted by Crippen LogP contribution is -2.59. The van der Waals surface area contributed by atoms with E-state index in [1.165, 1.54) is 0 Å². The Morgan fingerprint density at radius 1 is 0.917 bits per heavy atom. The van der Waals surface area contributed by atoms with E-state index in [0.29, 0.717) is 6.42 Å². The molecule has 24 heavy (non-hydrogen) atoms. The molecule has 0 unspecified atom stereocenters. The molecule has 0 radical (unpaired) electrons. The zero-order valence-corrected chi connectivity index (χ0v) is 14.5. The first-order valence-corrected chi connectivity index (χ1v) is 8.66. The molecule has 2 N–H and O–H groups in total. The van der Waals surface area contributed by atoms with Gasteiger partial charge in [-0.1, -0.05) is 81.4 Å². The van der Waals surface area contributed by atoms with E-state index in [4.69, 9.17) is 4.74 Å². The van der Waals surface area contributed by atoms with Crippen LogP contribution in [0.3, 0.4) is 0 Å². The Morgan fingerprint density at radius 3 is 2.00 bits per heavy atom. The number of benzene rings is 2. The molecule has 3 heteroatoms. The lowest BCUT2D eigenvalue weighted by Gasteiger charge is -2.54. The summed E-state index contributed by atoms with van der Waals surface area (Å²) >= 11 is 0. The van der Waals surface area contributed by atoms with E-state index in [1.807, 2.05) is 81.4 Å². The molecule has 3 rings (SSSR count). The van der Waals surface area contributed by atoms with Crippen molar-refractivity contribution in [2.24, 2.45) is 11.8 Å². The van der Waals surface area contributed by atoms with Crippen LogP contribution in [0.25, 0.3) is 0 Å². The van der Waals surface area contributed by atoms with Gasteiger partial charge in [-0.2, -0.15) is 0 Å². The number of hydrogen-bond donors (Lipinski definition) is 2. The first kappa shape index (κ1) is 17.2. The predicted molar refractivity (Wildman–Crippen MR) is 94.2 cm³/mol. The standard InChI is InChI=1S/C21H26O3/c1-4-20(22)16(3)21(23,18-13-9-6-10-14-18)15(2)19(24-20)17-11-7-5-8-12-17/h5-16,19,22-23H,4H2,1-3H3/t15-,16+,19+,20+,21-/m0/s1. The topological polar surface area (TPSA) is 49.7 Å². The average molecular weight is 326 g/mol. The Labute approximate surface area is 143 Å². The third kappa shape index (κ3) is 2.57. The van der Waals surface area contributed by atoms with Crippen molar-refractivity contribution in [3.63, 3.8) is 0 Å². The molecule has 1 heterocycles. The summed E-state index contributed by atoms with van der Waals surface area (Å²) in [4.78, 5) is 0. The molecule has 1 aliphatic rings. The van der Waals surface area contributed by atoms with Gasteiger partial charge in [0.05, 0.1) is 6.10 Å². The summed E-state index contributed by atoms with van der Waals surface area (Å²) in [6.07, 6.45) is 0.0388. The second-order valence-electron chi connectivity index (χ2n) is 6.85. The molecule has 0 amide bonds. The van der Waals surface area contributed by atoms with Crippen LogP contribution in [0, 0.1) is 11.8 Å². The number of ether oxygens (including phenoxy) is 1. The minimum atomic E-state index is -1.38. The molecule has 0 aliphatic carbocycles. The van der Waals surface area contributed by atoms with Crippen molar-refractivity contribution in [1.82, 2.24) is 0 Å². The van der Waals surface area contributed by atoms with Crippen molar-refractivity contribution in [2.45, 2.75) is 44.7 Å². The Hall–Kier alpha value is -1.68. The fourth-order valence-electron chi connectivity index (χ4n) is 4.00. The highest BCUT2D eigenvalue weighted by atomic mass is 16.6. The lowest BCUT2D eigenvalue weighted by atomic mass is 9.65. The predicted octanol–water partition coefficient (Wildman–Crippen LogP) is 4.02. The van der Waals surface area contributed by atoms with Crippen LogP contribution in [0.2, 0.25) is 0 Å². The fourth-order valence-corrected chi connectivity index (χ4v) is 4.00. The quantitative estimate of drug-likeness (QED) is 0.896. The van der Waals surface area contributed by atoms with Crippen LogP contribution in [-0.4, -0.2) is 16.0 Å². The van der Waals surface area contributed by atoms with Crippen molar-refractivity contribution in [3.05, 3.63) is 71.8 Å². The minimum absolute atomic E-state index is 0.205. The maximum atomic E-state index is 11.7. The van der Waals surface area contributed by atoms with Crippen molar-refractivity contribution < 1.29 is 14.9 Å². The van der Waals surface area contributed by atoms with Crippen LogP contribution in [0.5, 0.6) is 0 Å². The van der Waals surface area contributed by atoms with E-state index in [-0.39, 0.29) is 12.0 Å². The Bertz CT molecular complexity index is 672. The molecule has 2 aromatic carbocycles. The van der Waals surface area contributed by atoms with Gasteiger partial charge >= 0.3 is 0 Å². The second-order valence-corrected chi connectivity index (χ2v) is 6.85. The van der Waals surface area contributed by atoms with Crippen molar-refractivity contribution in [3.8, 4) is 0 Å². The summed E-state index contributed by atoms with van der Waals surface area (Å²) in [5.41, 5.74) is 0.615. The Balaban J connectivity index is 2.13. The molecule has 3 nitrogen and oxygen atoms in total. The lowest BCUT2D eigenvalue weighted by molar-refractivity contribution is -0.351. The Kier molecular flexibility index (Phi) is 4.52. The largest absolute Gasteiger partial charge is 0.384 e. The minimum Gasteiger partial charge on any atom is -0.384 e. The average Bonchev–Trinajstić information content (AvgIpc) is 2.64. The van der Waals surface area contributed by atoms with Gasteiger partial charge in [-0.15, -0.1) is 0 Å². The summed E-state index contributed by atoms with van der Waals surface area (Å²) in [5.74, 6) is -2.03. The maximum absolute atomic E-state index is 11.7. The van der Waals surface area contributed by atoms with Crippen molar-refractivity contribution >= 4 is 0 Å². The van der Waals surface area contributed by atoms with E-state index in [9.17, 15) is 10.2 Å². The summed E-state index contributed by atoms with van der Waals surface area (Å²) in [6.45, 7) is 5.75. The van der Waals surface area contributed by atoms with E-state index in [0.717, 1.165) is 11.1 Å². The van der Waals surface area contributed by atoms with E-state index in [2.05, 4.69) is 0 Å². The van der Waals surface area contributed by atoms with Crippen molar-refractivity contribution in [1.29, 1.82) is 0 Å². The van der Waals surface area contributed by atoms with Gasteiger partial charge in [0.1, 0.15) is 5.60 Å². The van der Waals surface area contributed by atoms with Gasteiger partial charge in [-0.25, -0.2) is 0 Å². The smallest absolute Gasteiger partial charge is 0.171 e. The molecule has 1 saturated heterocycles. The van der Waals surface area contributed by atoms with Gasteiger partial charge in [-0.05, 0) is 17.5 Å². The molecule has 0 bridgehead atoms. The molecule has 0 saturated carbocycles. The first-order chi connectivity index (χ1) is 11.4. The summed E-state index contributed by atoms with van der Waals surface area (Å²) in [5, 5.41) is 22.9. The van der Waals surface area contributed by atoms with Crippen molar-refractivity contribution in [2.75, 3.05) is 0 Å². The molecular formula is C21H26O3. The SMILES string of the molecule is CC[C@@]1(O)O[C@@H](c2ccccc2)[C@H](C)[C@@](O)(c2ccccc2)[C@@H]1C. The molecular weight excluding hydrogens is 300 g/mol. The molecule has 0 spiro atoms. The van der Waals surface area contributed by atoms with Gasteiger partial charge in [-0.3, -0.25) is 0 Å². The third-order valence-corrected chi connectivity index (χ3v) is 5.69. The Morgan fingerprint density at radius 2 is 1.46 bits per heavy atom. The zero-order valence-electron chi connectivity index (χ0n) is 14.5. The molecule has 2 aromatic rings. The van der Waals surface area contributed by atoms with Gasteiger partial charge in [0, 0.05) is 11.8 Å². The summed E-state index contributed by atoms with van der Waals surface area (Å²) < 4.78 is 6.15. The van der Waals surface area contributed by atoms with E-state index >= 15 is 0 Å². The number of aliphatic hydroxyl groups is 2. The zero-order chi connectivity index (χ0) is 17.4. The van der Waals surface area contributed by atoms with Gasteiger partial charge in [0.25, 0.3) is 0 Å². The third-order valence-electron chi connectivity index (χ3n) is 5.69. The van der Waals surface area contributed by atoms with Crippen LogP contribution in [-0.2, 0) is 10.3 Å². The highest BCUT2D eigenvalue weighted by Gasteiger charge is 2.58. The number of hydrogen-bond acceptors (Lipinski definition) is 3. The van der Waals surface area contributed by atoms with Gasteiger partial charge in [0.15, 0.2) is 5.79 Å². The van der Waals surface area contributed by atoms with E-state index < -0.39 is 17.3 Å². The molecule has 5 atom stereocenters. The second kappa shape index (κ2) is 6.32. The van der Waals surface area contributed by atoms with Gasteiger partial charge in [0.2, 0.25) is 0 Å². The fraction of sp³-hybridized carbons (Fsp3) is 0.429.